The Balaban J connectivity index is 2.23. The molecule has 0 aromatic rings. The average Bonchev–Trinajstić information content (AvgIpc) is 1.88. The Bertz CT molecular complexity index is 80.6. The van der Waals surface area contributed by atoms with Crippen LogP contribution in [-0.2, 0) is 0 Å². The fourth-order valence-corrected chi connectivity index (χ4v) is 1.73. The van der Waals surface area contributed by atoms with Gasteiger partial charge in [-0.25, -0.2) is 0 Å². The van der Waals surface area contributed by atoms with Crippen LogP contribution in [0.5, 0.6) is 0 Å². The Morgan fingerprint density at radius 3 is 2.67 bits per heavy atom. The zero-order valence-electron chi connectivity index (χ0n) is 6.14. The molecule has 0 heterocycles. The molecule has 0 spiro atoms. The maximum Gasteiger partial charge on any atom is 0.0459 e. The lowest BCUT2D eigenvalue weighted by molar-refractivity contribution is 0.166. The van der Waals surface area contributed by atoms with E-state index in [1.807, 2.05) is 0 Å². The maximum absolute atomic E-state index is 8.81. The Kier molecular flexibility index (Phi) is 2.52. The Hall–Kier alpha value is -0.0400. The largest absolute Gasteiger partial charge is 0.396 e. The van der Waals surface area contributed by atoms with Gasteiger partial charge in [-0.2, -0.15) is 0 Å². The lowest BCUT2D eigenvalue weighted by Crippen LogP contribution is -2.15. The lowest BCUT2D eigenvalue weighted by atomic mass is 9.83. The summed E-state index contributed by atoms with van der Waals surface area (Å²) in [6.07, 6.45) is 5.19. The van der Waals surface area contributed by atoms with Gasteiger partial charge in [-0.05, 0) is 24.7 Å². The fraction of sp³-hybridized carbons (Fsp3) is 1.00. The molecule has 0 radical (unpaired) electrons. The highest BCUT2D eigenvalue weighted by Gasteiger charge is 2.17. The van der Waals surface area contributed by atoms with Crippen LogP contribution in [0.3, 0.4) is 0 Å². The van der Waals surface area contributed by atoms with Crippen molar-refractivity contribution in [2.75, 3.05) is 6.61 Å². The molecular weight excluding hydrogens is 112 g/mol. The predicted molar refractivity (Wildman–Crippen MR) is 38.2 cm³/mol. The van der Waals surface area contributed by atoms with E-state index in [1.54, 1.807) is 0 Å². The molecule has 0 amide bonds. The molecule has 0 aliphatic heterocycles. The van der Waals surface area contributed by atoms with Crippen LogP contribution in [0.1, 0.15) is 32.6 Å². The summed E-state index contributed by atoms with van der Waals surface area (Å²) in [5.41, 5.74) is 0. The Labute approximate surface area is 57.1 Å². The maximum atomic E-state index is 8.81. The van der Waals surface area contributed by atoms with E-state index in [1.165, 1.54) is 25.7 Å². The van der Waals surface area contributed by atoms with E-state index in [0.29, 0.717) is 12.5 Å². The van der Waals surface area contributed by atoms with Gasteiger partial charge >= 0.3 is 0 Å². The SMILES string of the molecule is C[C@@H]1CCC[C@@H](CO)C1. The highest BCUT2D eigenvalue weighted by molar-refractivity contribution is 4.68. The van der Waals surface area contributed by atoms with E-state index in [-0.39, 0.29) is 0 Å². The first-order chi connectivity index (χ1) is 4.33. The smallest absolute Gasteiger partial charge is 0.0459 e. The van der Waals surface area contributed by atoms with Crippen LogP contribution in [0.15, 0.2) is 0 Å². The summed E-state index contributed by atoms with van der Waals surface area (Å²) in [5, 5.41) is 8.81. The predicted octanol–water partition coefficient (Wildman–Crippen LogP) is 1.80. The van der Waals surface area contributed by atoms with Crippen molar-refractivity contribution in [1.82, 2.24) is 0 Å². The summed E-state index contributed by atoms with van der Waals surface area (Å²) in [5.74, 6) is 1.48. The molecule has 0 saturated heterocycles. The summed E-state index contributed by atoms with van der Waals surface area (Å²) in [4.78, 5) is 0. The van der Waals surface area contributed by atoms with Gasteiger partial charge in [0.1, 0.15) is 0 Å². The summed E-state index contributed by atoms with van der Waals surface area (Å²) in [7, 11) is 0. The quantitative estimate of drug-likeness (QED) is 0.571. The molecule has 1 aliphatic carbocycles. The molecule has 1 rings (SSSR count). The van der Waals surface area contributed by atoms with E-state index in [0.717, 1.165) is 5.92 Å². The van der Waals surface area contributed by atoms with Gasteiger partial charge < -0.3 is 5.11 Å². The third-order valence-corrected chi connectivity index (χ3v) is 2.30. The summed E-state index contributed by atoms with van der Waals surface area (Å²) in [6, 6.07) is 0. The van der Waals surface area contributed by atoms with Crippen LogP contribution in [0.4, 0.5) is 0 Å². The molecule has 2 atom stereocenters. The molecule has 1 N–H and O–H groups in total. The topological polar surface area (TPSA) is 20.2 Å². The number of rotatable bonds is 1. The van der Waals surface area contributed by atoms with Crippen molar-refractivity contribution in [1.29, 1.82) is 0 Å². The summed E-state index contributed by atoms with van der Waals surface area (Å²) in [6.45, 7) is 2.69. The molecule has 1 fully saturated rings. The van der Waals surface area contributed by atoms with Gasteiger partial charge in [0.15, 0.2) is 0 Å². The first-order valence-corrected chi connectivity index (χ1v) is 3.93. The molecule has 9 heavy (non-hydrogen) atoms. The minimum absolute atomic E-state index is 0.407. The van der Waals surface area contributed by atoms with Crippen LogP contribution in [0.25, 0.3) is 0 Å². The number of aliphatic hydroxyl groups is 1. The van der Waals surface area contributed by atoms with Crippen molar-refractivity contribution >= 4 is 0 Å². The first-order valence-electron chi connectivity index (χ1n) is 3.93. The molecule has 1 saturated carbocycles. The van der Waals surface area contributed by atoms with Gasteiger partial charge in [-0.15, -0.1) is 0 Å². The third kappa shape index (κ3) is 1.98. The van der Waals surface area contributed by atoms with Gasteiger partial charge in [0.25, 0.3) is 0 Å². The summed E-state index contributed by atoms with van der Waals surface area (Å²) < 4.78 is 0. The Morgan fingerprint density at radius 2 is 2.22 bits per heavy atom. The molecule has 54 valence electrons. The molecule has 1 heteroatoms. The minimum Gasteiger partial charge on any atom is -0.396 e. The standard InChI is InChI=1S/C8H16O/c1-7-3-2-4-8(5-7)6-9/h7-9H,2-6H2,1H3/t7-,8-/m1/s1. The molecule has 1 nitrogen and oxygen atoms in total. The van der Waals surface area contributed by atoms with Crippen molar-refractivity contribution in [3.8, 4) is 0 Å². The number of aliphatic hydroxyl groups excluding tert-OH is 1. The second-order valence-electron chi connectivity index (χ2n) is 3.32. The lowest BCUT2D eigenvalue weighted by Gasteiger charge is -2.24. The van der Waals surface area contributed by atoms with Gasteiger partial charge in [0.05, 0.1) is 0 Å². The van der Waals surface area contributed by atoms with Gasteiger partial charge in [-0.3, -0.25) is 0 Å². The minimum atomic E-state index is 0.407. The molecule has 1 aliphatic rings. The van der Waals surface area contributed by atoms with Gasteiger partial charge in [0.2, 0.25) is 0 Å². The second-order valence-corrected chi connectivity index (χ2v) is 3.32. The van der Waals surface area contributed by atoms with E-state index in [4.69, 9.17) is 5.11 Å². The number of hydrogen-bond donors (Lipinski definition) is 1. The van der Waals surface area contributed by atoms with Crippen molar-refractivity contribution in [3.63, 3.8) is 0 Å². The van der Waals surface area contributed by atoms with Gasteiger partial charge in [-0.1, -0.05) is 19.8 Å². The zero-order valence-corrected chi connectivity index (χ0v) is 6.14. The molecular formula is C8H16O. The van der Waals surface area contributed by atoms with E-state index in [2.05, 4.69) is 6.92 Å². The molecule has 0 aromatic carbocycles. The van der Waals surface area contributed by atoms with Crippen LogP contribution < -0.4 is 0 Å². The number of hydrogen-bond acceptors (Lipinski definition) is 1. The van der Waals surface area contributed by atoms with Crippen molar-refractivity contribution < 1.29 is 5.11 Å². The normalized spacial score (nSPS) is 36.7. The highest BCUT2D eigenvalue weighted by atomic mass is 16.3. The second kappa shape index (κ2) is 3.21. The van der Waals surface area contributed by atoms with E-state index < -0.39 is 0 Å². The van der Waals surface area contributed by atoms with Crippen molar-refractivity contribution in [3.05, 3.63) is 0 Å². The van der Waals surface area contributed by atoms with E-state index >= 15 is 0 Å². The van der Waals surface area contributed by atoms with E-state index in [9.17, 15) is 0 Å². The van der Waals surface area contributed by atoms with Crippen LogP contribution in [0, 0.1) is 11.8 Å². The molecule has 0 aromatic heterocycles. The van der Waals surface area contributed by atoms with Crippen molar-refractivity contribution in [2.45, 2.75) is 32.6 Å². The molecule has 0 bridgehead atoms. The molecule has 0 unspecified atom stereocenters. The Morgan fingerprint density at radius 1 is 1.44 bits per heavy atom. The van der Waals surface area contributed by atoms with Crippen LogP contribution >= 0.6 is 0 Å². The highest BCUT2D eigenvalue weighted by Crippen LogP contribution is 2.27. The monoisotopic (exact) mass is 128 g/mol. The zero-order chi connectivity index (χ0) is 6.69. The van der Waals surface area contributed by atoms with Crippen molar-refractivity contribution in [2.24, 2.45) is 11.8 Å². The first kappa shape index (κ1) is 7.07. The van der Waals surface area contributed by atoms with Gasteiger partial charge in [0, 0.05) is 6.61 Å². The van der Waals surface area contributed by atoms with Crippen LogP contribution in [-0.4, -0.2) is 11.7 Å². The summed E-state index contributed by atoms with van der Waals surface area (Å²) >= 11 is 0. The third-order valence-electron chi connectivity index (χ3n) is 2.30. The van der Waals surface area contributed by atoms with Crippen LogP contribution in [0.2, 0.25) is 0 Å². The average molecular weight is 128 g/mol. The fourth-order valence-electron chi connectivity index (χ4n) is 1.73.